The SMILES string of the molecule is Cc1ccc([C@H](O)CN[C@@H]2C[C@@]3(CCN(C(=O)OC(C)(C)C)C3)Oc3ccccc32)cc1. The third-order valence-corrected chi connectivity index (χ3v) is 6.18. The Balaban J connectivity index is 1.47. The normalized spacial score (nSPS) is 23.5. The summed E-state index contributed by atoms with van der Waals surface area (Å²) < 4.78 is 12.0. The second kappa shape index (κ2) is 8.75. The summed E-state index contributed by atoms with van der Waals surface area (Å²) in [5.41, 5.74) is 2.17. The van der Waals surface area contributed by atoms with Crippen LogP contribution in [0.15, 0.2) is 48.5 Å². The molecule has 1 saturated heterocycles. The second-order valence-electron chi connectivity index (χ2n) is 10.1. The molecule has 1 spiro atoms. The summed E-state index contributed by atoms with van der Waals surface area (Å²) in [6.07, 6.45) is 0.586. The van der Waals surface area contributed by atoms with Crippen molar-refractivity contribution in [2.75, 3.05) is 19.6 Å². The molecule has 2 N–H and O–H groups in total. The predicted octanol–water partition coefficient (Wildman–Crippen LogP) is 4.52. The maximum absolute atomic E-state index is 12.6. The van der Waals surface area contributed by atoms with Crippen LogP contribution in [-0.4, -0.2) is 46.9 Å². The molecule has 2 aromatic carbocycles. The van der Waals surface area contributed by atoms with E-state index in [-0.39, 0.29) is 12.1 Å². The van der Waals surface area contributed by atoms with Gasteiger partial charge in [0.2, 0.25) is 0 Å². The van der Waals surface area contributed by atoms with E-state index < -0.39 is 17.3 Å². The van der Waals surface area contributed by atoms with Crippen LogP contribution in [0.2, 0.25) is 0 Å². The molecule has 4 rings (SSSR count). The minimum absolute atomic E-state index is 0.0265. The minimum atomic E-state index is -0.594. The fourth-order valence-electron chi connectivity index (χ4n) is 4.54. The number of aliphatic hydroxyl groups is 1. The van der Waals surface area contributed by atoms with Crippen molar-refractivity contribution in [3.05, 3.63) is 65.2 Å². The van der Waals surface area contributed by atoms with Gasteiger partial charge in [-0.05, 0) is 39.3 Å². The van der Waals surface area contributed by atoms with Gasteiger partial charge in [0, 0.05) is 37.5 Å². The molecule has 0 bridgehead atoms. The lowest BCUT2D eigenvalue weighted by molar-refractivity contribution is 0.0120. The van der Waals surface area contributed by atoms with Crippen LogP contribution < -0.4 is 10.1 Å². The maximum Gasteiger partial charge on any atom is 0.410 e. The van der Waals surface area contributed by atoms with Gasteiger partial charge in [0.15, 0.2) is 0 Å². The number of carbonyl (C=O) groups excluding carboxylic acids is 1. The Morgan fingerprint density at radius 2 is 1.97 bits per heavy atom. The lowest BCUT2D eigenvalue weighted by Crippen LogP contribution is -2.47. The molecule has 1 amide bonds. The molecule has 0 saturated carbocycles. The fourth-order valence-corrected chi connectivity index (χ4v) is 4.54. The first-order valence-corrected chi connectivity index (χ1v) is 11.4. The van der Waals surface area contributed by atoms with Crippen molar-refractivity contribution in [2.24, 2.45) is 0 Å². The van der Waals surface area contributed by atoms with Crippen LogP contribution in [0.4, 0.5) is 4.79 Å². The Kier molecular flexibility index (Phi) is 6.19. The van der Waals surface area contributed by atoms with E-state index in [0.717, 1.165) is 29.7 Å². The molecule has 0 aromatic heterocycles. The van der Waals surface area contributed by atoms with Gasteiger partial charge >= 0.3 is 6.09 Å². The van der Waals surface area contributed by atoms with E-state index in [1.807, 2.05) is 70.2 Å². The second-order valence-corrected chi connectivity index (χ2v) is 10.1. The van der Waals surface area contributed by atoms with Crippen molar-refractivity contribution >= 4 is 6.09 Å². The smallest absolute Gasteiger partial charge is 0.410 e. The number of nitrogens with one attached hydrogen (secondary N) is 1. The third-order valence-electron chi connectivity index (χ3n) is 6.18. The number of hydrogen-bond acceptors (Lipinski definition) is 5. The standard InChI is InChI=1S/C26H34N2O4/c1-18-9-11-19(12-10-18)22(29)16-27-21-15-26(31-23-8-6-5-7-20(21)23)13-14-28(17-26)24(30)32-25(2,3)4/h5-12,21-22,27,29H,13-17H2,1-4H3/t21-,22-,26-/m1/s1. The molecule has 172 valence electrons. The van der Waals surface area contributed by atoms with Crippen molar-refractivity contribution in [1.82, 2.24) is 10.2 Å². The molecule has 0 radical (unpaired) electrons. The van der Waals surface area contributed by atoms with Gasteiger partial charge in [-0.2, -0.15) is 0 Å². The van der Waals surface area contributed by atoms with Gasteiger partial charge in [0.25, 0.3) is 0 Å². The number of aryl methyl sites for hydroxylation is 1. The summed E-state index contributed by atoms with van der Waals surface area (Å²) in [4.78, 5) is 14.4. The number of para-hydroxylation sites is 1. The summed E-state index contributed by atoms with van der Waals surface area (Å²) in [6, 6.07) is 16.0. The van der Waals surface area contributed by atoms with Crippen LogP contribution >= 0.6 is 0 Å². The third kappa shape index (κ3) is 5.08. The van der Waals surface area contributed by atoms with E-state index in [1.165, 1.54) is 5.56 Å². The highest BCUT2D eigenvalue weighted by molar-refractivity contribution is 5.68. The van der Waals surface area contributed by atoms with E-state index in [9.17, 15) is 9.90 Å². The summed E-state index contributed by atoms with van der Waals surface area (Å²) in [5.74, 6) is 0.840. The predicted molar refractivity (Wildman–Crippen MR) is 124 cm³/mol. The largest absolute Gasteiger partial charge is 0.485 e. The average molecular weight is 439 g/mol. The van der Waals surface area contributed by atoms with Crippen LogP contribution in [0.1, 0.15) is 62.4 Å². The minimum Gasteiger partial charge on any atom is -0.485 e. The molecule has 6 heteroatoms. The fraction of sp³-hybridized carbons (Fsp3) is 0.500. The summed E-state index contributed by atoms with van der Waals surface area (Å²) >= 11 is 0. The number of carbonyl (C=O) groups is 1. The molecule has 6 nitrogen and oxygen atoms in total. The Labute approximate surface area is 190 Å². The van der Waals surface area contributed by atoms with E-state index in [0.29, 0.717) is 19.6 Å². The highest BCUT2D eigenvalue weighted by Crippen LogP contribution is 2.44. The van der Waals surface area contributed by atoms with Crippen molar-refractivity contribution in [3.63, 3.8) is 0 Å². The molecule has 0 unspecified atom stereocenters. The van der Waals surface area contributed by atoms with E-state index in [4.69, 9.17) is 9.47 Å². The van der Waals surface area contributed by atoms with E-state index in [1.54, 1.807) is 4.90 Å². The number of likely N-dealkylation sites (tertiary alicyclic amines) is 1. The first kappa shape index (κ1) is 22.6. The first-order valence-electron chi connectivity index (χ1n) is 11.4. The molecular formula is C26H34N2O4. The molecule has 32 heavy (non-hydrogen) atoms. The number of ether oxygens (including phenoxy) is 2. The van der Waals surface area contributed by atoms with Gasteiger partial charge in [-0.15, -0.1) is 0 Å². The number of amides is 1. The van der Waals surface area contributed by atoms with Crippen molar-refractivity contribution in [2.45, 2.75) is 63.9 Å². The number of rotatable bonds is 4. The summed E-state index contributed by atoms with van der Waals surface area (Å²) in [6.45, 7) is 9.21. The molecule has 0 aliphatic carbocycles. The molecule has 2 aromatic rings. The molecule has 3 atom stereocenters. The number of aliphatic hydroxyl groups excluding tert-OH is 1. The Bertz CT molecular complexity index is 953. The van der Waals surface area contributed by atoms with Crippen LogP contribution in [0.5, 0.6) is 5.75 Å². The molecule has 2 aliphatic rings. The lowest BCUT2D eigenvalue weighted by atomic mass is 9.86. The maximum atomic E-state index is 12.6. The summed E-state index contributed by atoms with van der Waals surface area (Å²) in [7, 11) is 0. The number of fused-ring (bicyclic) bond motifs is 1. The topological polar surface area (TPSA) is 71.0 Å². The Hall–Kier alpha value is -2.57. The molecular weight excluding hydrogens is 404 g/mol. The average Bonchev–Trinajstić information content (AvgIpc) is 3.14. The van der Waals surface area contributed by atoms with Crippen LogP contribution in [0.3, 0.4) is 0 Å². The first-order chi connectivity index (χ1) is 15.1. The van der Waals surface area contributed by atoms with E-state index >= 15 is 0 Å². The lowest BCUT2D eigenvalue weighted by Gasteiger charge is -2.40. The number of nitrogens with zero attached hydrogens (tertiary/aromatic N) is 1. The van der Waals surface area contributed by atoms with Crippen LogP contribution in [-0.2, 0) is 4.74 Å². The molecule has 2 aliphatic heterocycles. The molecule has 1 fully saturated rings. The Morgan fingerprint density at radius 1 is 1.25 bits per heavy atom. The number of hydrogen-bond donors (Lipinski definition) is 2. The van der Waals surface area contributed by atoms with Crippen molar-refractivity contribution < 1.29 is 19.4 Å². The van der Waals surface area contributed by atoms with Crippen molar-refractivity contribution in [3.8, 4) is 5.75 Å². The van der Waals surface area contributed by atoms with Gasteiger partial charge < -0.3 is 24.8 Å². The van der Waals surface area contributed by atoms with Gasteiger partial charge in [-0.25, -0.2) is 4.79 Å². The number of benzene rings is 2. The quantitative estimate of drug-likeness (QED) is 0.734. The van der Waals surface area contributed by atoms with E-state index in [2.05, 4.69) is 11.4 Å². The van der Waals surface area contributed by atoms with Crippen molar-refractivity contribution in [1.29, 1.82) is 0 Å². The molecule has 2 heterocycles. The summed E-state index contributed by atoms with van der Waals surface area (Å²) in [5, 5.41) is 14.3. The zero-order chi connectivity index (χ0) is 22.9. The zero-order valence-corrected chi connectivity index (χ0v) is 19.4. The van der Waals surface area contributed by atoms with Gasteiger partial charge in [0.1, 0.15) is 17.0 Å². The van der Waals surface area contributed by atoms with Gasteiger partial charge in [-0.1, -0.05) is 48.0 Å². The Morgan fingerprint density at radius 3 is 2.69 bits per heavy atom. The highest BCUT2D eigenvalue weighted by atomic mass is 16.6. The van der Waals surface area contributed by atoms with Crippen LogP contribution in [0.25, 0.3) is 0 Å². The monoisotopic (exact) mass is 438 g/mol. The van der Waals surface area contributed by atoms with Gasteiger partial charge in [-0.3, -0.25) is 0 Å². The highest BCUT2D eigenvalue weighted by Gasteiger charge is 2.47. The zero-order valence-electron chi connectivity index (χ0n) is 19.4. The van der Waals surface area contributed by atoms with Crippen LogP contribution in [0, 0.1) is 6.92 Å². The van der Waals surface area contributed by atoms with Gasteiger partial charge in [0.05, 0.1) is 12.6 Å².